The van der Waals surface area contributed by atoms with Crippen molar-refractivity contribution >= 4 is 11.5 Å². The summed E-state index contributed by atoms with van der Waals surface area (Å²) in [4.78, 5) is 16.4. The second-order valence-corrected chi connectivity index (χ2v) is 6.11. The van der Waals surface area contributed by atoms with Crippen molar-refractivity contribution in [3.05, 3.63) is 83.5 Å². The van der Waals surface area contributed by atoms with Crippen LogP contribution >= 0.6 is 0 Å². The van der Waals surface area contributed by atoms with Gasteiger partial charge in [-0.15, -0.1) is 0 Å². The van der Waals surface area contributed by atoms with Crippen molar-refractivity contribution in [1.82, 2.24) is 10.3 Å². The highest BCUT2D eigenvalue weighted by Crippen LogP contribution is 2.20. The van der Waals surface area contributed by atoms with E-state index in [1.165, 1.54) is 24.1 Å². The van der Waals surface area contributed by atoms with Crippen molar-refractivity contribution in [2.24, 2.45) is 0 Å². The van der Waals surface area contributed by atoms with E-state index in [0.717, 1.165) is 29.7 Å². The van der Waals surface area contributed by atoms with Crippen molar-refractivity contribution in [2.45, 2.75) is 32.2 Å². The van der Waals surface area contributed by atoms with Crippen LogP contribution in [0.1, 0.15) is 36.1 Å². The Morgan fingerprint density at radius 1 is 1.20 bits per heavy atom. The van der Waals surface area contributed by atoms with Crippen LogP contribution in [0.2, 0.25) is 0 Å². The zero-order valence-corrected chi connectivity index (χ0v) is 14.0. The second-order valence-electron chi connectivity index (χ2n) is 6.11. The molecule has 25 heavy (non-hydrogen) atoms. The second kappa shape index (κ2) is 8.38. The lowest BCUT2D eigenvalue weighted by Crippen LogP contribution is -2.24. The summed E-state index contributed by atoms with van der Waals surface area (Å²) in [5.41, 5.74) is 3.72. The number of carbonyl (C=O) groups excluding carboxylic acids is 1. The Morgan fingerprint density at radius 2 is 2.12 bits per heavy atom. The fourth-order valence-electron chi connectivity index (χ4n) is 2.76. The average Bonchev–Trinajstić information content (AvgIpc) is 2.90. The van der Waals surface area contributed by atoms with Crippen LogP contribution in [0.25, 0.3) is 5.57 Å². The van der Waals surface area contributed by atoms with Gasteiger partial charge in [0.15, 0.2) is 0 Å². The van der Waals surface area contributed by atoms with Gasteiger partial charge in [-0.3, -0.25) is 9.78 Å². The summed E-state index contributed by atoms with van der Waals surface area (Å²) in [5.74, 6) is -0.427. The van der Waals surface area contributed by atoms with Crippen molar-refractivity contribution in [3.63, 3.8) is 0 Å². The smallest absolute Gasteiger partial charge is 0.226 e. The number of hydrogen-bond donors (Lipinski definition) is 1. The lowest BCUT2D eigenvalue weighted by atomic mass is 10.1. The number of allylic oxidation sites excluding steroid dienone is 4. The number of carbonyl (C=O) groups is 1. The van der Waals surface area contributed by atoms with Gasteiger partial charge in [0.2, 0.25) is 5.91 Å². The molecule has 0 aliphatic heterocycles. The minimum atomic E-state index is -0.300. The van der Waals surface area contributed by atoms with Gasteiger partial charge in [0, 0.05) is 18.4 Å². The van der Waals surface area contributed by atoms with Gasteiger partial charge in [-0.1, -0.05) is 36.4 Å². The molecule has 4 heteroatoms. The third kappa shape index (κ3) is 5.11. The molecule has 1 aromatic heterocycles. The quantitative estimate of drug-likeness (QED) is 0.889. The SMILES string of the molecule is O=C(Cc1ccc(C2=CCCCC=C2)cn1)NCc1cccc(F)c1. The molecule has 0 atom stereocenters. The lowest BCUT2D eigenvalue weighted by molar-refractivity contribution is -0.120. The van der Waals surface area contributed by atoms with Gasteiger partial charge in [0.1, 0.15) is 5.82 Å². The average molecular weight is 336 g/mol. The van der Waals surface area contributed by atoms with E-state index < -0.39 is 0 Å². The van der Waals surface area contributed by atoms with Crippen LogP contribution in [-0.2, 0) is 17.8 Å². The summed E-state index contributed by atoms with van der Waals surface area (Å²) in [5, 5.41) is 2.79. The number of pyridine rings is 1. The van der Waals surface area contributed by atoms with E-state index in [0.29, 0.717) is 6.54 Å². The molecule has 1 aromatic carbocycles. The molecule has 0 saturated heterocycles. The first-order chi connectivity index (χ1) is 12.2. The van der Waals surface area contributed by atoms with Crippen LogP contribution < -0.4 is 5.32 Å². The molecule has 0 spiro atoms. The lowest BCUT2D eigenvalue weighted by Gasteiger charge is -2.07. The first-order valence-corrected chi connectivity index (χ1v) is 8.54. The maximum absolute atomic E-state index is 13.1. The van der Waals surface area contributed by atoms with E-state index in [1.54, 1.807) is 12.1 Å². The zero-order valence-electron chi connectivity index (χ0n) is 14.0. The number of rotatable bonds is 5. The standard InChI is InChI=1S/C21H21FN2O/c22-19-9-5-6-16(12-19)14-24-21(25)13-20-11-10-18(15-23-20)17-7-3-1-2-4-8-17/h3,5-12,15H,1-2,4,13-14H2,(H,24,25). The molecule has 0 radical (unpaired) electrons. The van der Waals surface area contributed by atoms with Gasteiger partial charge in [-0.25, -0.2) is 4.39 Å². The van der Waals surface area contributed by atoms with Crippen molar-refractivity contribution < 1.29 is 9.18 Å². The van der Waals surface area contributed by atoms with Gasteiger partial charge >= 0.3 is 0 Å². The number of nitrogens with zero attached hydrogens (tertiary/aromatic N) is 1. The van der Waals surface area contributed by atoms with Gasteiger partial charge in [-0.05, 0) is 54.2 Å². The molecule has 0 unspecified atom stereocenters. The maximum Gasteiger partial charge on any atom is 0.226 e. The molecule has 1 N–H and O–H groups in total. The fraction of sp³-hybridized carbons (Fsp3) is 0.238. The summed E-state index contributed by atoms with van der Waals surface area (Å²) in [6, 6.07) is 10.1. The molecule has 1 aliphatic carbocycles. The molecule has 0 bridgehead atoms. The summed E-state index contributed by atoms with van der Waals surface area (Å²) in [6.07, 6.45) is 11.9. The molecule has 0 fully saturated rings. The predicted molar refractivity (Wildman–Crippen MR) is 97.2 cm³/mol. The Kier molecular flexibility index (Phi) is 5.73. The molecule has 1 amide bonds. The van der Waals surface area contributed by atoms with E-state index in [-0.39, 0.29) is 18.1 Å². The Bertz CT molecular complexity index is 794. The van der Waals surface area contributed by atoms with E-state index in [2.05, 4.69) is 28.5 Å². The first-order valence-electron chi connectivity index (χ1n) is 8.54. The normalized spacial score (nSPS) is 13.9. The number of halogens is 1. The van der Waals surface area contributed by atoms with Crippen molar-refractivity contribution in [1.29, 1.82) is 0 Å². The molecule has 1 aliphatic rings. The number of hydrogen-bond acceptors (Lipinski definition) is 2. The topological polar surface area (TPSA) is 42.0 Å². The van der Waals surface area contributed by atoms with Crippen LogP contribution in [-0.4, -0.2) is 10.9 Å². The van der Waals surface area contributed by atoms with Crippen LogP contribution in [0, 0.1) is 5.82 Å². The molecule has 0 saturated carbocycles. The predicted octanol–water partition coefficient (Wildman–Crippen LogP) is 4.20. The Labute approximate surface area is 147 Å². The van der Waals surface area contributed by atoms with Crippen LogP contribution in [0.4, 0.5) is 4.39 Å². The van der Waals surface area contributed by atoms with Gasteiger partial charge in [0.05, 0.1) is 6.42 Å². The zero-order chi connectivity index (χ0) is 17.5. The highest BCUT2D eigenvalue weighted by molar-refractivity contribution is 5.78. The monoisotopic (exact) mass is 336 g/mol. The Hall–Kier alpha value is -2.75. The molecular formula is C21H21FN2O. The van der Waals surface area contributed by atoms with E-state index in [1.807, 2.05) is 18.3 Å². The third-order valence-corrected chi connectivity index (χ3v) is 4.12. The van der Waals surface area contributed by atoms with Gasteiger partial charge < -0.3 is 5.32 Å². The summed E-state index contributed by atoms with van der Waals surface area (Å²) in [6.45, 7) is 0.312. The highest BCUT2D eigenvalue weighted by Gasteiger charge is 2.07. The van der Waals surface area contributed by atoms with Gasteiger partial charge in [0.25, 0.3) is 0 Å². The van der Waals surface area contributed by atoms with Crippen LogP contribution in [0.3, 0.4) is 0 Å². The van der Waals surface area contributed by atoms with Crippen molar-refractivity contribution in [2.75, 3.05) is 0 Å². The van der Waals surface area contributed by atoms with E-state index >= 15 is 0 Å². The molecular weight excluding hydrogens is 315 g/mol. The summed E-state index contributed by atoms with van der Waals surface area (Å²) in [7, 11) is 0. The number of nitrogens with one attached hydrogen (secondary N) is 1. The fourth-order valence-corrected chi connectivity index (χ4v) is 2.76. The summed E-state index contributed by atoms with van der Waals surface area (Å²) >= 11 is 0. The van der Waals surface area contributed by atoms with Crippen LogP contribution in [0.5, 0.6) is 0 Å². The maximum atomic E-state index is 13.1. The third-order valence-electron chi connectivity index (χ3n) is 4.12. The Morgan fingerprint density at radius 3 is 2.92 bits per heavy atom. The molecule has 2 aromatic rings. The molecule has 1 heterocycles. The number of aromatic nitrogens is 1. The largest absolute Gasteiger partial charge is 0.352 e. The molecule has 3 rings (SSSR count). The Balaban J connectivity index is 1.55. The van der Waals surface area contributed by atoms with Crippen LogP contribution in [0.15, 0.2) is 60.8 Å². The minimum absolute atomic E-state index is 0.127. The van der Waals surface area contributed by atoms with E-state index in [4.69, 9.17) is 0 Å². The first kappa shape index (κ1) is 17.1. The van der Waals surface area contributed by atoms with Gasteiger partial charge in [-0.2, -0.15) is 0 Å². The number of amides is 1. The molecule has 3 nitrogen and oxygen atoms in total. The molecule has 128 valence electrons. The highest BCUT2D eigenvalue weighted by atomic mass is 19.1. The van der Waals surface area contributed by atoms with E-state index in [9.17, 15) is 9.18 Å². The minimum Gasteiger partial charge on any atom is -0.352 e. The summed E-state index contributed by atoms with van der Waals surface area (Å²) < 4.78 is 13.1. The number of benzene rings is 1. The van der Waals surface area contributed by atoms with Crippen molar-refractivity contribution in [3.8, 4) is 0 Å².